The fourth-order valence-electron chi connectivity index (χ4n) is 3.01. The summed E-state index contributed by atoms with van der Waals surface area (Å²) >= 11 is 0. The van der Waals surface area contributed by atoms with Gasteiger partial charge in [-0.3, -0.25) is 0 Å². The van der Waals surface area contributed by atoms with E-state index < -0.39 is 42.6 Å². The first-order valence-electron chi connectivity index (χ1n) is 8.05. The van der Waals surface area contributed by atoms with E-state index in [0.29, 0.717) is 11.5 Å². The standard InChI is InChI=1S/C13H17O12P3/c1-7-2-11-12(20-6-19-11)3-8(7)10-4-9(14)13(22-10)5-21-26-23-27(15,16)25-28(17,18)24-26/h2-3,9-10,13-14H,4-6H2,1H3,(H,15,16)(H,17,18)/t9?,10-,13-/m1/s1. The molecule has 2 fully saturated rings. The van der Waals surface area contributed by atoms with Crippen LogP contribution in [0.5, 0.6) is 11.5 Å². The number of aryl methyl sites for hydroxylation is 1. The van der Waals surface area contributed by atoms with Crippen molar-refractivity contribution < 1.29 is 55.7 Å². The van der Waals surface area contributed by atoms with Crippen molar-refractivity contribution in [2.24, 2.45) is 0 Å². The molecule has 0 amide bonds. The topological polar surface area (TPSA) is 159 Å². The van der Waals surface area contributed by atoms with Gasteiger partial charge in [-0.1, -0.05) is 0 Å². The number of rotatable bonds is 4. The Morgan fingerprint density at radius 2 is 1.82 bits per heavy atom. The number of phosphoric acid groups is 2. The van der Waals surface area contributed by atoms with Crippen LogP contribution in [0.3, 0.4) is 0 Å². The van der Waals surface area contributed by atoms with Gasteiger partial charge in [0.1, 0.15) is 6.10 Å². The first-order chi connectivity index (χ1) is 13.1. The molecule has 0 spiro atoms. The minimum atomic E-state index is -4.78. The van der Waals surface area contributed by atoms with Crippen molar-refractivity contribution in [3.05, 3.63) is 23.3 Å². The molecule has 0 aliphatic carbocycles. The third kappa shape index (κ3) is 4.43. The Kier molecular flexibility index (Phi) is 5.59. The van der Waals surface area contributed by atoms with Gasteiger partial charge < -0.3 is 33.6 Å². The number of aliphatic hydroxyl groups is 1. The molecular weight excluding hydrogens is 441 g/mol. The molecule has 2 saturated heterocycles. The van der Waals surface area contributed by atoms with Crippen LogP contribution in [0, 0.1) is 6.92 Å². The third-order valence-corrected chi connectivity index (χ3v) is 8.95. The first kappa shape index (κ1) is 20.7. The van der Waals surface area contributed by atoms with E-state index in [1.807, 2.05) is 13.0 Å². The Morgan fingerprint density at radius 3 is 2.50 bits per heavy atom. The lowest BCUT2D eigenvalue weighted by atomic mass is 9.99. The van der Waals surface area contributed by atoms with E-state index in [4.69, 9.17) is 18.7 Å². The Balaban J connectivity index is 1.40. The smallest absolute Gasteiger partial charge is 0.454 e. The van der Waals surface area contributed by atoms with Gasteiger partial charge in [-0.15, -0.1) is 0 Å². The predicted octanol–water partition coefficient (Wildman–Crippen LogP) is 2.42. The third-order valence-electron chi connectivity index (χ3n) is 4.22. The van der Waals surface area contributed by atoms with Crippen LogP contribution in [0.1, 0.15) is 23.7 Å². The molecule has 5 atom stereocenters. The van der Waals surface area contributed by atoms with Crippen LogP contribution in [-0.2, 0) is 31.3 Å². The first-order valence-corrected chi connectivity index (χ1v) is 12.1. The van der Waals surface area contributed by atoms with Crippen molar-refractivity contribution >= 4 is 24.2 Å². The summed E-state index contributed by atoms with van der Waals surface area (Å²) in [4.78, 5) is 18.5. The number of fused-ring (bicyclic) bond motifs is 1. The van der Waals surface area contributed by atoms with Crippen molar-refractivity contribution in [2.45, 2.75) is 31.7 Å². The summed E-state index contributed by atoms with van der Waals surface area (Å²) in [6.45, 7) is 1.72. The second-order valence-electron chi connectivity index (χ2n) is 6.23. The molecule has 0 radical (unpaired) electrons. The van der Waals surface area contributed by atoms with Crippen LogP contribution < -0.4 is 9.47 Å². The monoisotopic (exact) mass is 458 g/mol. The van der Waals surface area contributed by atoms with Gasteiger partial charge >= 0.3 is 24.2 Å². The number of hydrogen-bond donors (Lipinski definition) is 3. The van der Waals surface area contributed by atoms with Crippen molar-refractivity contribution in [1.29, 1.82) is 0 Å². The molecule has 12 nitrogen and oxygen atoms in total. The second-order valence-corrected chi connectivity index (χ2v) is 10.8. The highest BCUT2D eigenvalue weighted by atomic mass is 31.3. The minimum absolute atomic E-state index is 0.138. The van der Waals surface area contributed by atoms with Gasteiger partial charge in [-0.25, -0.2) is 17.8 Å². The minimum Gasteiger partial charge on any atom is -0.454 e. The largest absolute Gasteiger partial charge is 0.488 e. The molecule has 0 bridgehead atoms. The maximum atomic E-state index is 11.4. The highest BCUT2D eigenvalue weighted by molar-refractivity contribution is 7.72. The van der Waals surface area contributed by atoms with E-state index in [1.165, 1.54) is 0 Å². The highest BCUT2D eigenvalue weighted by Crippen LogP contribution is 2.76. The number of hydrogen-bond acceptors (Lipinski definition) is 10. The van der Waals surface area contributed by atoms with Crippen LogP contribution in [0.15, 0.2) is 12.1 Å². The van der Waals surface area contributed by atoms with E-state index in [9.17, 15) is 24.0 Å². The lowest BCUT2D eigenvalue weighted by Crippen LogP contribution is -2.25. The summed E-state index contributed by atoms with van der Waals surface area (Å²) in [7, 11) is -12.2. The van der Waals surface area contributed by atoms with Crippen molar-refractivity contribution in [2.75, 3.05) is 13.4 Å². The molecule has 15 heteroatoms. The average molecular weight is 458 g/mol. The van der Waals surface area contributed by atoms with Crippen molar-refractivity contribution in [1.82, 2.24) is 0 Å². The summed E-state index contributed by atoms with van der Waals surface area (Å²) < 4.78 is 57.4. The molecule has 28 heavy (non-hydrogen) atoms. The summed E-state index contributed by atoms with van der Waals surface area (Å²) in [6.07, 6.45) is -1.90. The van der Waals surface area contributed by atoms with Gasteiger partial charge in [0.05, 0.1) is 18.8 Å². The van der Waals surface area contributed by atoms with E-state index in [-0.39, 0.29) is 19.8 Å². The SMILES string of the molecule is Cc1cc2c(cc1[C@H]1CC(O)[C@@H](COP3OP(=O)(O)OP(=O)(O)O3)O1)OCO2. The summed E-state index contributed by atoms with van der Waals surface area (Å²) in [5.74, 6) is 1.22. The molecule has 1 aromatic rings. The number of benzene rings is 1. The number of aliphatic hydroxyl groups excluding tert-OH is 1. The molecule has 0 aromatic heterocycles. The molecule has 3 unspecified atom stereocenters. The molecule has 3 heterocycles. The maximum Gasteiger partial charge on any atom is 0.488 e. The van der Waals surface area contributed by atoms with Crippen molar-refractivity contribution in [3.63, 3.8) is 0 Å². The Bertz CT molecular complexity index is 837. The van der Waals surface area contributed by atoms with Gasteiger partial charge in [0, 0.05) is 6.42 Å². The Morgan fingerprint density at radius 1 is 1.18 bits per heavy atom. The van der Waals surface area contributed by atoms with E-state index in [1.54, 1.807) is 6.07 Å². The van der Waals surface area contributed by atoms with Gasteiger partial charge in [-0.2, -0.15) is 4.31 Å². The zero-order valence-electron chi connectivity index (χ0n) is 14.4. The molecule has 3 aliphatic heterocycles. The molecular formula is C13H17O12P3. The van der Waals surface area contributed by atoms with Gasteiger partial charge in [0.25, 0.3) is 0 Å². The number of ether oxygens (including phenoxy) is 3. The second kappa shape index (κ2) is 7.58. The van der Waals surface area contributed by atoms with E-state index in [0.717, 1.165) is 11.1 Å². The highest BCUT2D eigenvalue weighted by Gasteiger charge is 2.48. The van der Waals surface area contributed by atoms with Crippen molar-refractivity contribution in [3.8, 4) is 11.5 Å². The van der Waals surface area contributed by atoms with Crippen LogP contribution in [0.25, 0.3) is 0 Å². The predicted molar refractivity (Wildman–Crippen MR) is 91.3 cm³/mol. The zero-order chi connectivity index (χ0) is 20.1. The van der Waals surface area contributed by atoms with Crippen LogP contribution >= 0.6 is 24.2 Å². The molecule has 0 saturated carbocycles. The Hall–Kier alpha value is -0.610. The maximum absolute atomic E-state index is 11.4. The molecule has 1 aromatic carbocycles. The van der Waals surface area contributed by atoms with E-state index in [2.05, 4.69) is 12.9 Å². The van der Waals surface area contributed by atoms with Crippen LogP contribution in [0.4, 0.5) is 0 Å². The fourth-order valence-corrected chi connectivity index (χ4v) is 7.21. The quantitative estimate of drug-likeness (QED) is 0.567. The lowest BCUT2D eigenvalue weighted by molar-refractivity contribution is -0.0193. The van der Waals surface area contributed by atoms with Crippen LogP contribution in [-0.4, -0.2) is 40.5 Å². The molecule has 156 valence electrons. The Labute approximate surface area is 160 Å². The summed E-state index contributed by atoms with van der Waals surface area (Å²) in [5.41, 5.74) is 1.71. The summed E-state index contributed by atoms with van der Waals surface area (Å²) in [5, 5.41) is 10.3. The van der Waals surface area contributed by atoms with Gasteiger partial charge in [0.15, 0.2) is 11.5 Å². The van der Waals surface area contributed by atoms with Gasteiger partial charge in [-0.05, 0) is 30.2 Å². The molecule has 3 aliphatic rings. The molecule has 4 rings (SSSR count). The average Bonchev–Trinajstić information content (AvgIpc) is 3.15. The van der Waals surface area contributed by atoms with E-state index >= 15 is 0 Å². The molecule has 3 N–H and O–H groups in total. The fraction of sp³-hybridized carbons (Fsp3) is 0.538. The lowest BCUT2D eigenvalue weighted by Gasteiger charge is -2.27. The van der Waals surface area contributed by atoms with Crippen LogP contribution in [0.2, 0.25) is 0 Å². The zero-order valence-corrected chi connectivity index (χ0v) is 17.0. The summed E-state index contributed by atoms with van der Waals surface area (Å²) in [6, 6.07) is 3.61. The van der Waals surface area contributed by atoms with Gasteiger partial charge in [0.2, 0.25) is 6.79 Å². The normalized spacial score (nSPS) is 40.0.